The maximum atomic E-state index is 12.7. The Morgan fingerprint density at radius 2 is 1.84 bits per heavy atom. The zero-order valence-electron chi connectivity index (χ0n) is 20.5. The van der Waals surface area contributed by atoms with Crippen molar-refractivity contribution in [3.05, 3.63) is 84.9 Å². The lowest BCUT2D eigenvalue weighted by molar-refractivity contribution is -0.113. The molecule has 0 radical (unpaired) electrons. The molecule has 9 heteroatoms. The van der Waals surface area contributed by atoms with Gasteiger partial charge in [-0.2, -0.15) is 0 Å². The number of rotatable bonds is 9. The number of fused-ring (bicyclic) bond motifs is 1. The molecule has 0 saturated heterocycles. The summed E-state index contributed by atoms with van der Waals surface area (Å²) in [6.07, 6.45) is 1.79. The molecule has 0 aliphatic heterocycles. The molecule has 0 fully saturated rings. The number of carbonyl (C=O) groups excluding carboxylic acids is 1. The van der Waals surface area contributed by atoms with Crippen LogP contribution in [0.4, 0.5) is 5.69 Å². The normalized spacial score (nSPS) is 11.0. The molecule has 2 aromatic heterocycles. The van der Waals surface area contributed by atoms with Crippen molar-refractivity contribution < 1.29 is 9.53 Å². The summed E-state index contributed by atoms with van der Waals surface area (Å²) < 4.78 is 8.35. The fourth-order valence-electron chi connectivity index (χ4n) is 3.82. The minimum atomic E-state index is -0.118. The second-order valence-electron chi connectivity index (χ2n) is 8.34. The minimum absolute atomic E-state index is 0.118. The average molecular weight is 528 g/mol. The summed E-state index contributed by atoms with van der Waals surface area (Å²) in [6, 6.07) is 21.7. The van der Waals surface area contributed by atoms with Gasteiger partial charge in [0.2, 0.25) is 5.91 Å². The van der Waals surface area contributed by atoms with Gasteiger partial charge in [0, 0.05) is 23.4 Å². The zero-order chi connectivity index (χ0) is 25.8. The maximum absolute atomic E-state index is 12.7. The Labute approximate surface area is 223 Å². The summed E-state index contributed by atoms with van der Waals surface area (Å²) in [6.45, 7) is 6.46. The number of thioether (sulfide) groups is 1. The number of aromatic nitrogens is 4. The van der Waals surface area contributed by atoms with Crippen LogP contribution in [0.1, 0.15) is 5.56 Å². The van der Waals surface area contributed by atoms with Crippen LogP contribution in [0.5, 0.6) is 5.75 Å². The van der Waals surface area contributed by atoms with E-state index in [0.29, 0.717) is 17.5 Å². The molecule has 186 valence electrons. The van der Waals surface area contributed by atoms with Crippen molar-refractivity contribution in [2.24, 2.45) is 0 Å². The number of hydrogen-bond donors (Lipinski definition) is 1. The van der Waals surface area contributed by atoms with Crippen LogP contribution < -0.4 is 10.1 Å². The lowest BCUT2D eigenvalue weighted by atomic mass is 10.2. The van der Waals surface area contributed by atoms with E-state index in [2.05, 4.69) is 41.1 Å². The van der Waals surface area contributed by atoms with Crippen LogP contribution in [-0.4, -0.2) is 38.5 Å². The van der Waals surface area contributed by atoms with Crippen molar-refractivity contribution >= 4 is 44.9 Å². The van der Waals surface area contributed by atoms with Gasteiger partial charge in [-0.3, -0.25) is 9.36 Å². The molecule has 2 heterocycles. The van der Waals surface area contributed by atoms with Crippen molar-refractivity contribution in [2.45, 2.75) is 18.6 Å². The van der Waals surface area contributed by atoms with E-state index in [1.165, 1.54) is 22.0 Å². The van der Waals surface area contributed by atoms with Gasteiger partial charge in [-0.05, 0) is 73.2 Å². The molecule has 7 nitrogen and oxygen atoms in total. The fraction of sp³-hybridized carbons (Fsp3) is 0.143. The summed E-state index contributed by atoms with van der Waals surface area (Å²) in [4.78, 5) is 17.4. The molecule has 1 N–H and O–H groups in total. The lowest BCUT2D eigenvalue weighted by Crippen LogP contribution is -2.14. The number of thiazole rings is 1. The van der Waals surface area contributed by atoms with Gasteiger partial charge in [0.25, 0.3) is 0 Å². The highest BCUT2D eigenvalue weighted by Gasteiger charge is 2.15. The molecule has 0 aliphatic rings. The Bertz CT molecular complexity index is 1560. The molecule has 3 aromatic carbocycles. The second kappa shape index (κ2) is 11.0. The summed E-state index contributed by atoms with van der Waals surface area (Å²) in [5, 5.41) is 13.2. The summed E-state index contributed by atoms with van der Waals surface area (Å²) in [7, 11) is 1.63. The van der Waals surface area contributed by atoms with Gasteiger partial charge in [-0.25, -0.2) is 4.98 Å². The van der Waals surface area contributed by atoms with Crippen LogP contribution in [0.15, 0.2) is 84.5 Å². The van der Waals surface area contributed by atoms with Crippen LogP contribution in [-0.2, 0) is 11.3 Å². The van der Waals surface area contributed by atoms with Gasteiger partial charge in [-0.1, -0.05) is 23.9 Å². The highest BCUT2D eigenvalue weighted by Crippen LogP contribution is 2.31. The van der Waals surface area contributed by atoms with E-state index in [4.69, 9.17) is 9.72 Å². The van der Waals surface area contributed by atoms with Gasteiger partial charge >= 0.3 is 0 Å². The van der Waals surface area contributed by atoms with Gasteiger partial charge < -0.3 is 10.1 Å². The zero-order valence-corrected chi connectivity index (χ0v) is 22.1. The van der Waals surface area contributed by atoms with Crippen molar-refractivity contribution in [2.75, 3.05) is 18.2 Å². The summed E-state index contributed by atoms with van der Waals surface area (Å²) in [5.74, 6) is 1.57. The van der Waals surface area contributed by atoms with Crippen LogP contribution >= 0.6 is 23.1 Å². The first kappa shape index (κ1) is 24.7. The first-order valence-corrected chi connectivity index (χ1v) is 13.4. The predicted octanol–water partition coefficient (Wildman–Crippen LogP) is 6.46. The van der Waals surface area contributed by atoms with E-state index in [0.717, 1.165) is 33.1 Å². The Balaban J connectivity index is 1.23. The first-order valence-electron chi connectivity index (χ1n) is 11.6. The Kier molecular flexibility index (Phi) is 7.34. The lowest BCUT2D eigenvalue weighted by Gasteiger charge is -2.09. The third-order valence-electron chi connectivity index (χ3n) is 5.67. The summed E-state index contributed by atoms with van der Waals surface area (Å²) >= 11 is 3.00. The number of nitrogens with one attached hydrogen (secondary N) is 1. The number of hydrogen-bond acceptors (Lipinski definition) is 7. The molecule has 0 saturated carbocycles. The quantitative estimate of drug-likeness (QED) is 0.175. The number of nitrogens with zero attached hydrogens (tertiary/aromatic N) is 4. The number of benzene rings is 3. The van der Waals surface area contributed by atoms with Gasteiger partial charge in [-0.15, -0.1) is 28.1 Å². The van der Waals surface area contributed by atoms with Crippen LogP contribution in [0, 0.1) is 6.92 Å². The number of methoxy groups -OCH3 is 1. The van der Waals surface area contributed by atoms with Crippen LogP contribution in [0.2, 0.25) is 0 Å². The van der Waals surface area contributed by atoms with Crippen molar-refractivity contribution in [1.29, 1.82) is 0 Å². The highest BCUT2D eigenvalue weighted by molar-refractivity contribution is 7.99. The third kappa shape index (κ3) is 5.58. The minimum Gasteiger partial charge on any atom is -0.497 e. The molecule has 5 rings (SSSR count). The van der Waals surface area contributed by atoms with E-state index in [9.17, 15) is 4.79 Å². The number of allylic oxidation sites excluding steroid dienone is 1. The van der Waals surface area contributed by atoms with Gasteiger partial charge in [0.05, 0.1) is 23.1 Å². The number of aryl methyl sites for hydroxylation is 1. The van der Waals surface area contributed by atoms with Gasteiger partial charge in [0.15, 0.2) is 11.0 Å². The topological polar surface area (TPSA) is 81.9 Å². The van der Waals surface area contributed by atoms with Gasteiger partial charge in [0.1, 0.15) is 10.8 Å². The second-order valence-corrected chi connectivity index (χ2v) is 10.3. The predicted molar refractivity (Wildman–Crippen MR) is 151 cm³/mol. The number of anilines is 1. The largest absolute Gasteiger partial charge is 0.497 e. The van der Waals surface area contributed by atoms with Crippen LogP contribution in [0.3, 0.4) is 0 Å². The van der Waals surface area contributed by atoms with E-state index in [-0.39, 0.29) is 11.7 Å². The molecule has 0 unspecified atom stereocenters. The maximum Gasteiger partial charge on any atom is 0.234 e. The van der Waals surface area contributed by atoms with E-state index in [1.807, 2.05) is 59.2 Å². The van der Waals surface area contributed by atoms with E-state index in [1.54, 1.807) is 24.5 Å². The molecular weight excluding hydrogens is 502 g/mol. The smallest absolute Gasteiger partial charge is 0.234 e. The Morgan fingerprint density at radius 1 is 1.08 bits per heavy atom. The fourth-order valence-corrected chi connectivity index (χ4v) is 5.64. The number of carbonyl (C=O) groups is 1. The highest BCUT2D eigenvalue weighted by atomic mass is 32.2. The number of amides is 1. The van der Waals surface area contributed by atoms with Crippen molar-refractivity contribution in [3.63, 3.8) is 0 Å². The molecule has 37 heavy (non-hydrogen) atoms. The third-order valence-corrected chi connectivity index (χ3v) is 7.70. The van der Waals surface area contributed by atoms with E-state index >= 15 is 0 Å². The Hall–Kier alpha value is -3.95. The SMILES string of the molecule is C=CCn1c(SCC(=O)Nc2ccc(-c3nc4ccc(C)cc4s3)cc2)nnc1-c1ccc(OC)cc1. The van der Waals surface area contributed by atoms with E-state index < -0.39 is 0 Å². The molecule has 5 aromatic rings. The molecule has 0 bridgehead atoms. The number of ether oxygens (including phenoxy) is 1. The molecule has 1 amide bonds. The van der Waals surface area contributed by atoms with Crippen LogP contribution in [0.25, 0.3) is 32.2 Å². The molecular formula is C28H25N5O2S2. The molecule has 0 aliphatic carbocycles. The Morgan fingerprint density at radius 3 is 2.57 bits per heavy atom. The monoisotopic (exact) mass is 527 g/mol. The van der Waals surface area contributed by atoms with Crippen molar-refractivity contribution in [3.8, 4) is 27.7 Å². The average Bonchev–Trinajstić information content (AvgIpc) is 3.52. The molecule has 0 atom stereocenters. The molecule has 0 spiro atoms. The van der Waals surface area contributed by atoms with Crippen molar-refractivity contribution in [1.82, 2.24) is 19.7 Å². The first-order chi connectivity index (χ1) is 18.0. The summed E-state index contributed by atoms with van der Waals surface area (Å²) in [5.41, 5.74) is 4.89. The standard InChI is InChI=1S/C28H25N5O2S2/c1-4-15-33-26(19-8-12-22(35-3)13-9-19)31-32-28(33)36-17-25(34)29-21-10-6-20(7-11-21)27-30-23-14-5-18(2)16-24(23)37-27/h4-14,16H,1,15,17H2,2-3H3,(H,29,34).